The minimum Gasteiger partial charge on any atom is -0.350 e. The number of hydrogen-bond acceptors (Lipinski definition) is 3. The molecule has 0 spiro atoms. The molecular weight excluding hydrogens is 407 g/mol. The number of carbonyl (C=O) groups excluding carboxylic acids is 2. The summed E-state index contributed by atoms with van der Waals surface area (Å²) in [6, 6.07) is 21.1. The molecule has 2 amide bonds. The molecule has 0 unspecified atom stereocenters. The Bertz CT molecular complexity index is 1160. The minimum absolute atomic E-state index is 0.214. The van der Waals surface area contributed by atoms with Gasteiger partial charge >= 0.3 is 0 Å². The van der Waals surface area contributed by atoms with Crippen molar-refractivity contribution in [2.45, 2.75) is 6.92 Å². The Labute approximate surface area is 178 Å². The van der Waals surface area contributed by atoms with E-state index >= 15 is 0 Å². The fourth-order valence-electron chi connectivity index (χ4n) is 3.27. The van der Waals surface area contributed by atoms with Crippen molar-refractivity contribution >= 4 is 52.0 Å². The molecule has 0 aliphatic carbocycles. The Morgan fingerprint density at radius 1 is 0.793 bits per heavy atom. The van der Waals surface area contributed by atoms with Crippen LogP contribution in [-0.2, 0) is 9.59 Å². The molecule has 0 bridgehead atoms. The summed E-state index contributed by atoms with van der Waals surface area (Å²) in [5, 5.41) is 4.20. The van der Waals surface area contributed by atoms with Crippen LogP contribution in [0, 0.1) is 6.92 Å². The highest BCUT2D eigenvalue weighted by Gasteiger charge is 2.40. The molecule has 4 nitrogen and oxygen atoms in total. The van der Waals surface area contributed by atoms with E-state index in [0.29, 0.717) is 32.6 Å². The largest absolute Gasteiger partial charge is 0.350 e. The number of amides is 2. The maximum absolute atomic E-state index is 13.3. The molecule has 1 aliphatic heterocycles. The number of aryl methyl sites for hydroxylation is 1. The van der Waals surface area contributed by atoms with Crippen LogP contribution in [0.25, 0.3) is 5.57 Å². The Balaban J connectivity index is 1.84. The summed E-state index contributed by atoms with van der Waals surface area (Å²) in [6.07, 6.45) is 0. The van der Waals surface area contributed by atoms with Crippen molar-refractivity contribution in [3.8, 4) is 0 Å². The molecule has 0 saturated heterocycles. The normalized spacial score (nSPS) is 14.0. The lowest BCUT2D eigenvalue weighted by Gasteiger charge is -2.16. The van der Waals surface area contributed by atoms with Crippen LogP contribution in [0.2, 0.25) is 10.0 Å². The predicted octanol–water partition coefficient (Wildman–Crippen LogP) is 5.70. The van der Waals surface area contributed by atoms with E-state index in [1.807, 2.05) is 25.1 Å². The van der Waals surface area contributed by atoms with Crippen molar-refractivity contribution in [3.05, 3.63) is 99.7 Å². The van der Waals surface area contributed by atoms with Gasteiger partial charge in [-0.25, -0.2) is 4.90 Å². The van der Waals surface area contributed by atoms with Gasteiger partial charge in [0.2, 0.25) is 0 Å². The van der Waals surface area contributed by atoms with E-state index in [1.54, 1.807) is 54.6 Å². The molecule has 1 heterocycles. The topological polar surface area (TPSA) is 49.4 Å². The van der Waals surface area contributed by atoms with E-state index < -0.39 is 11.8 Å². The Morgan fingerprint density at radius 3 is 2.21 bits per heavy atom. The predicted molar refractivity (Wildman–Crippen MR) is 117 cm³/mol. The van der Waals surface area contributed by atoms with E-state index in [-0.39, 0.29) is 5.70 Å². The van der Waals surface area contributed by atoms with Crippen molar-refractivity contribution < 1.29 is 9.59 Å². The second-order valence-electron chi connectivity index (χ2n) is 6.63. The van der Waals surface area contributed by atoms with Gasteiger partial charge in [0.05, 0.1) is 11.3 Å². The average molecular weight is 423 g/mol. The van der Waals surface area contributed by atoms with Crippen LogP contribution < -0.4 is 10.2 Å². The van der Waals surface area contributed by atoms with Crippen molar-refractivity contribution in [3.63, 3.8) is 0 Å². The van der Waals surface area contributed by atoms with Gasteiger partial charge in [-0.15, -0.1) is 0 Å². The average Bonchev–Trinajstić information content (AvgIpc) is 2.94. The van der Waals surface area contributed by atoms with Gasteiger partial charge in [-0.2, -0.15) is 0 Å². The third kappa shape index (κ3) is 3.65. The maximum atomic E-state index is 13.3. The lowest BCUT2D eigenvalue weighted by Crippen LogP contribution is -2.32. The zero-order chi connectivity index (χ0) is 20.5. The molecule has 1 N–H and O–H groups in total. The first-order valence-corrected chi connectivity index (χ1v) is 9.68. The number of nitrogens with one attached hydrogen (secondary N) is 1. The highest BCUT2D eigenvalue weighted by Crippen LogP contribution is 2.35. The van der Waals surface area contributed by atoms with Gasteiger partial charge in [-0.3, -0.25) is 9.59 Å². The number of imide groups is 1. The van der Waals surface area contributed by atoms with Gasteiger partial charge in [-0.1, -0.05) is 59.6 Å². The van der Waals surface area contributed by atoms with Crippen molar-refractivity contribution in [2.75, 3.05) is 10.2 Å². The first kappa shape index (κ1) is 19.2. The lowest BCUT2D eigenvalue weighted by atomic mass is 10.0. The molecule has 4 rings (SSSR count). The molecular formula is C23H16Cl2N2O2. The quantitative estimate of drug-likeness (QED) is 0.548. The summed E-state index contributed by atoms with van der Waals surface area (Å²) in [4.78, 5) is 27.8. The van der Waals surface area contributed by atoms with Gasteiger partial charge < -0.3 is 5.32 Å². The standard InChI is InChI=1S/C23H16Cl2N2O2/c1-14-12-17(25)10-11-19(14)26-21-20(15-6-3-2-4-7-15)22(28)27(23(21)29)18-9-5-8-16(24)13-18/h2-13,26H,1H3. The monoisotopic (exact) mass is 422 g/mol. The van der Waals surface area contributed by atoms with Crippen LogP contribution in [0.5, 0.6) is 0 Å². The fraction of sp³-hybridized carbons (Fsp3) is 0.0435. The van der Waals surface area contributed by atoms with Gasteiger partial charge in [0.1, 0.15) is 5.70 Å². The van der Waals surface area contributed by atoms with E-state index in [0.717, 1.165) is 10.5 Å². The SMILES string of the molecule is Cc1cc(Cl)ccc1NC1=C(c2ccccc2)C(=O)N(c2cccc(Cl)c2)C1=O. The molecule has 29 heavy (non-hydrogen) atoms. The number of hydrogen-bond donors (Lipinski definition) is 1. The molecule has 0 aromatic heterocycles. The van der Waals surface area contributed by atoms with Gasteiger partial charge in [0.15, 0.2) is 0 Å². The van der Waals surface area contributed by atoms with E-state index in [1.165, 1.54) is 0 Å². The summed E-state index contributed by atoms with van der Waals surface area (Å²) in [5.74, 6) is -0.844. The Morgan fingerprint density at radius 2 is 1.52 bits per heavy atom. The summed E-state index contributed by atoms with van der Waals surface area (Å²) in [7, 11) is 0. The van der Waals surface area contributed by atoms with Gasteiger partial charge in [0.25, 0.3) is 11.8 Å². The van der Waals surface area contributed by atoms with Crippen molar-refractivity contribution in [2.24, 2.45) is 0 Å². The minimum atomic E-state index is -0.439. The van der Waals surface area contributed by atoms with E-state index in [2.05, 4.69) is 5.32 Å². The molecule has 6 heteroatoms. The number of carbonyl (C=O) groups is 2. The number of nitrogens with zero attached hydrogens (tertiary/aromatic N) is 1. The van der Waals surface area contributed by atoms with Crippen LogP contribution in [0.15, 0.2) is 78.5 Å². The summed E-state index contributed by atoms with van der Waals surface area (Å²) in [6.45, 7) is 1.88. The van der Waals surface area contributed by atoms with Crippen LogP contribution >= 0.6 is 23.2 Å². The number of anilines is 2. The molecule has 0 fully saturated rings. The maximum Gasteiger partial charge on any atom is 0.282 e. The highest BCUT2D eigenvalue weighted by molar-refractivity contribution is 6.46. The van der Waals surface area contributed by atoms with E-state index in [4.69, 9.17) is 23.2 Å². The summed E-state index contributed by atoms with van der Waals surface area (Å²) in [5.41, 5.74) is 3.16. The zero-order valence-electron chi connectivity index (χ0n) is 15.4. The molecule has 0 radical (unpaired) electrons. The lowest BCUT2D eigenvalue weighted by molar-refractivity contribution is -0.120. The summed E-state index contributed by atoms with van der Waals surface area (Å²) < 4.78 is 0. The first-order chi connectivity index (χ1) is 14.0. The van der Waals surface area contributed by atoms with Crippen LogP contribution in [0.1, 0.15) is 11.1 Å². The van der Waals surface area contributed by atoms with Crippen molar-refractivity contribution in [1.29, 1.82) is 0 Å². The fourth-order valence-corrected chi connectivity index (χ4v) is 3.68. The number of halogens is 2. The number of rotatable bonds is 4. The van der Waals surface area contributed by atoms with Crippen LogP contribution in [0.3, 0.4) is 0 Å². The number of benzene rings is 3. The molecule has 0 atom stereocenters. The Kier molecular flexibility index (Phi) is 5.14. The molecule has 3 aromatic rings. The smallest absolute Gasteiger partial charge is 0.282 e. The molecule has 3 aromatic carbocycles. The molecule has 144 valence electrons. The van der Waals surface area contributed by atoms with E-state index in [9.17, 15) is 9.59 Å². The third-order valence-electron chi connectivity index (χ3n) is 4.66. The molecule has 1 aliphatic rings. The van der Waals surface area contributed by atoms with Gasteiger partial charge in [-0.05, 0) is 54.4 Å². The molecule has 0 saturated carbocycles. The Hall–Kier alpha value is -3.08. The highest BCUT2D eigenvalue weighted by atomic mass is 35.5. The van der Waals surface area contributed by atoms with Crippen molar-refractivity contribution in [1.82, 2.24) is 0 Å². The first-order valence-electron chi connectivity index (χ1n) is 8.93. The third-order valence-corrected chi connectivity index (χ3v) is 5.13. The second kappa shape index (κ2) is 7.74. The van der Waals surface area contributed by atoms with Crippen LogP contribution in [-0.4, -0.2) is 11.8 Å². The zero-order valence-corrected chi connectivity index (χ0v) is 17.0. The van der Waals surface area contributed by atoms with Gasteiger partial charge in [0, 0.05) is 15.7 Å². The summed E-state index contributed by atoms with van der Waals surface area (Å²) >= 11 is 12.1. The van der Waals surface area contributed by atoms with Crippen LogP contribution in [0.4, 0.5) is 11.4 Å². The second-order valence-corrected chi connectivity index (χ2v) is 7.50.